The Kier molecular flexibility index (Phi) is 4.77. The van der Waals surface area contributed by atoms with Crippen molar-refractivity contribution in [1.82, 2.24) is 4.90 Å². The van der Waals surface area contributed by atoms with Gasteiger partial charge in [0.05, 0.1) is 17.1 Å². The first-order valence-electron chi connectivity index (χ1n) is 9.81. The summed E-state index contributed by atoms with van der Waals surface area (Å²) in [5.41, 5.74) is 4.20. The van der Waals surface area contributed by atoms with Gasteiger partial charge in [-0.15, -0.1) is 0 Å². The number of rotatable bonds is 1. The van der Waals surface area contributed by atoms with Crippen molar-refractivity contribution < 1.29 is 9.53 Å². The summed E-state index contributed by atoms with van der Waals surface area (Å²) in [6.45, 7) is 4.28. The molecule has 2 aromatic carbocycles. The lowest BCUT2D eigenvalue weighted by Gasteiger charge is -2.39. The fourth-order valence-electron chi connectivity index (χ4n) is 4.41. The maximum absolute atomic E-state index is 12.6. The molecule has 3 heterocycles. The number of ether oxygens (including phenoxy) is 1. The zero-order chi connectivity index (χ0) is 20.0. The molecule has 3 aliphatic heterocycles. The van der Waals surface area contributed by atoms with Crippen LogP contribution in [-0.4, -0.2) is 29.1 Å². The molecule has 0 saturated carbocycles. The number of halogens is 1. The third kappa shape index (κ3) is 3.21. The van der Waals surface area contributed by atoms with Gasteiger partial charge in [0, 0.05) is 18.1 Å². The van der Waals surface area contributed by atoms with Gasteiger partial charge >= 0.3 is 0 Å². The summed E-state index contributed by atoms with van der Waals surface area (Å²) in [7, 11) is 0. The zero-order valence-corrected chi connectivity index (χ0v) is 17.7. The van der Waals surface area contributed by atoms with Gasteiger partial charge in [0.1, 0.15) is 0 Å². The number of amidine groups is 1. The molecule has 0 aromatic heterocycles. The highest BCUT2D eigenvalue weighted by molar-refractivity contribution is 8.18. The maximum Gasteiger partial charge on any atom is 0.286 e. The molecular weight excluding hydrogens is 404 g/mol. The molecule has 0 radical (unpaired) electrons. The molecule has 3 aliphatic rings. The van der Waals surface area contributed by atoms with E-state index in [9.17, 15) is 4.79 Å². The lowest BCUT2D eigenvalue weighted by molar-refractivity contribution is -0.113. The predicted octanol–water partition coefficient (Wildman–Crippen LogP) is 5.22. The first kappa shape index (κ1) is 18.9. The molecule has 1 spiro atoms. The molecule has 0 N–H and O–H groups in total. The standard InChI is InChI=1S/C23H21ClN2O2S/c1-15(17-7-3-5-9-19(17)24)20-21(27)25-22(29-20)26-12-10-23(11-13-26)18-8-4-2-6-16(18)14-28-23/h2-9H,10-14H2,1H3. The number of hydrogen-bond donors (Lipinski definition) is 0. The van der Waals surface area contributed by atoms with Crippen LogP contribution in [-0.2, 0) is 21.7 Å². The number of benzene rings is 2. The number of carbonyl (C=O) groups excluding carboxylic acids is 1. The van der Waals surface area contributed by atoms with Gasteiger partial charge in [0.2, 0.25) is 0 Å². The molecule has 1 fully saturated rings. The zero-order valence-electron chi connectivity index (χ0n) is 16.2. The molecule has 1 saturated heterocycles. The van der Waals surface area contributed by atoms with E-state index in [1.807, 2.05) is 31.2 Å². The molecule has 0 unspecified atom stereocenters. The van der Waals surface area contributed by atoms with Crippen LogP contribution in [0.3, 0.4) is 0 Å². The smallest absolute Gasteiger partial charge is 0.286 e. The Bertz CT molecular complexity index is 1050. The Hall–Kier alpha value is -2.08. The summed E-state index contributed by atoms with van der Waals surface area (Å²) >= 11 is 7.78. The van der Waals surface area contributed by atoms with Crippen LogP contribution in [0.1, 0.15) is 36.5 Å². The minimum absolute atomic E-state index is 0.176. The second-order valence-electron chi connectivity index (χ2n) is 7.66. The largest absolute Gasteiger partial charge is 0.365 e. The Balaban J connectivity index is 1.33. The van der Waals surface area contributed by atoms with Crippen molar-refractivity contribution in [2.24, 2.45) is 4.99 Å². The predicted molar refractivity (Wildman–Crippen MR) is 118 cm³/mol. The van der Waals surface area contributed by atoms with E-state index in [1.54, 1.807) is 0 Å². The van der Waals surface area contributed by atoms with Gasteiger partial charge < -0.3 is 9.64 Å². The second kappa shape index (κ2) is 7.31. The van der Waals surface area contributed by atoms with Crippen molar-refractivity contribution in [2.75, 3.05) is 13.1 Å². The number of piperidine rings is 1. The topological polar surface area (TPSA) is 41.9 Å². The van der Waals surface area contributed by atoms with E-state index in [0.717, 1.165) is 42.2 Å². The number of allylic oxidation sites excluding steroid dienone is 1. The van der Waals surface area contributed by atoms with Crippen LogP contribution in [0.2, 0.25) is 5.02 Å². The number of thioether (sulfide) groups is 1. The average Bonchev–Trinajstić information content (AvgIpc) is 3.30. The minimum Gasteiger partial charge on any atom is -0.365 e. The van der Waals surface area contributed by atoms with E-state index in [1.165, 1.54) is 22.9 Å². The molecule has 6 heteroatoms. The highest BCUT2D eigenvalue weighted by atomic mass is 35.5. The van der Waals surface area contributed by atoms with Crippen molar-refractivity contribution in [2.45, 2.75) is 32.0 Å². The molecule has 0 atom stereocenters. The van der Waals surface area contributed by atoms with Gasteiger partial charge in [-0.1, -0.05) is 54.1 Å². The molecule has 0 aliphatic carbocycles. The van der Waals surface area contributed by atoms with Gasteiger partial charge in [-0.2, -0.15) is 4.99 Å². The van der Waals surface area contributed by atoms with Crippen LogP contribution in [0.15, 0.2) is 58.4 Å². The van der Waals surface area contributed by atoms with Crippen molar-refractivity contribution in [3.8, 4) is 0 Å². The fourth-order valence-corrected chi connectivity index (χ4v) is 5.71. The third-order valence-electron chi connectivity index (χ3n) is 6.06. The van der Waals surface area contributed by atoms with Gasteiger partial charge in [-0.3, -0.25) is 4.79 Å². The van der Waals surface area contributed by atoms with Crippen LogP contribution in [0.25, 0.3) is 5.57 Å². The number of carbonyl (C=O) groups is 1. The summed E-state index contributed by atoms with van der Waals surface area (Å²) < 4.78 is 6.25. The number of fused-ring (bicyclic) bond motifs is 2. The molecule has 2 aromatic rings. The Morgan fingerprint density at radius 1 is 1.14 bits per heavy atom. The molecule has 1 amide bonds. The molecular formula is C23H21ClN2O2S. The molecule has 148 valence electrons. The normalized spacial score (nSPS) is 22.1. The Morgan fingerprint density at radius 3 is 2.66 bits per heavy atom. The number of aliphatic imine (C=N–C) groups is 1. The molecule has 29 heavy (non-hydrogen) atoms. The van der Waals surface area contributed by atoms with Crippen LogP contribution in [0.5, 0.6) is 0 Å². The van der Waals surface area contributed by atoms with Gasteiger partial charge in [-0.25, -0.2) is 0 Å². The summed E-state index contributed by atoms with van der Waals surface area (Å²) in [6.07, 6.45) is 1.81. The van der Waals surface area contributed by atoms with Crippen molar-refractivity contribution >= 4 is 40.0 Å². The first-order chi connectivity index (χ1) is 14.1. The molecule has 0 bridgehead atoms. The van der Waals surface area contributed by atoms with Crippen molar-refractivity contribution in [3.05, 3.63) is 75.1 Å². The molecule has 5 rings (SSSR count). The number of nitrogens with zero attached hydrogens (tertiary/aromatic N) is 2. The summed E-state index contributed by atoms with van der Waals surface area (Å²) in [6, 6.07) is 16.1. The maximum atomic E-state index is 12.6. The lowest BCUT2D eigenvalue weighted by Crippen LogP contribution is -2.44. The third-order valence-corrected chi connectivity index (χ3v) is 7.60. The van der Waals surface area contributed by atoms with E-state index in [2.05, 4.69) is 34.2 Å². The lowest BCUT2D eigenvalue weighted by atomic mass is 9.84. The second-order valence-corrected chi connectivity index (χ2v) is 9.05. The minimum atomic E-state index is -0.187. The number of hydrogen-bond acceptors (Lipinski definition) is 4. The summed E-state index contributed by atoms with van der Waals surface area (Å²) in [5.74, 6) is -0.176. The van der Waals surface area contributed by atoms with E-state index in [4.69, 9.17) is 16.3 Å². The quantitative estimate of drug-likeness (QED) is 0.588. The van der Waals surface area contributed by atoms with E-state index in [0.29, 0.717) is 16.5 Å². The van der Waals surface area contributed by atoms with E-state index in [-0.39, 0.29) is 11.5 Å². The summed E-state index contributed by atoms with van der Waals surface area (Å²) in [4.78, 5) is 19.8. The summed E-state index contributed by atoms with van der Waals surface area (Å²) in [5, 5.41) is 1.44. The van der Waals surface area contributed by atoms with Gasteiger partial charge in [-0.05, 0) is 59.9 Å². The Morgan fingerprint density at radius 2 is 1.86 bits per heavy atom. The van der Waals surface area contributed by atoms with E-state index >= 15 is 0 Å². The number of likely N-dealkylation sites (tertiary alicyclic amines) is 1. The van der Waals surface area contributed by atoms with Crippen LogP contribution < -0.4 is 0 Å². The SMILES string of the molecule is CC(=C1SC(N2CCC3(CC2)OCc2ccccc23)=NC1=O)c1ccccc1Cl. The Labute approximate surface area is 179 Å². The van der Waals surface area contributed by atoms with E-state index < -0.39 is 0 Å². The van der Waals surface area contributed by atoms with Gasteiger partial charge in [0.25, 0.3) is 5.91 Å². The highest BCUT2D eigenvalue weighted by Gasteiger charge is 2.43. The highest BCUT2D eigenvalue weighted by Crippen LogP contribution is 2.45. The monoisotopic (exact) mass is 424 g/mol. The fraction of sp³-hybridized carbons (Fsp3) is 0.304. The first-order valence-corrected chi connectivity index (χ1v) is 11.0. The van der Waals surface area contributed by atoms with Crippen LogP contribution in [0, 0.1) is 0 Å². The van der Waals surface area contributed by atoms with Gasteiger partial charge in [0.15, 0.2) is 5.17 Å². The van der Waals surface area contributed by atoms with Crippen molar-refractivity contribution in [1.29, 1.82) is 0 Å². The average molecular weight is 425 g/mol. The van der Waals surface area contributed by atoms with Crippen molar-refractivity contribution in [3.63, 3.8) is 0 Å². The van der Waals surface area contributed by atoms with Crippen LogP contribution >= 0.6 is 23.4 Å². The molecule has 4 nitrogen and oxygen atoms in total. The number of amides is 1. The van der Waals surface area contributed by atoms with Crippen LogP contribution in [0.4, 0.5) is 0 Å².